The van der Waals surface area contributed by atoms with Gasteiger partial charge in [-0.15, -0.1) is 6.58 Å². The van der Waals surface area contributed by atoms with E-state index < -0.39 is 29.8 Å². The van der Waals surface area contributed by atoms with Gasteiger partial charge in [0.25, 0.3) is 17.7 Å². The highest BCUT2D eigenvalue weighted by atomic mass is 16.5. The van der Waals surface area contributed by atoms with E-state index in [1.165, 1.54) is 24.3 Å². The van der Waals surface area contributed by atoms with Crippen LogP contribution in [0.4, 0.5) is 5.69 Å². The highest BCUT2D eigenvalue weighted by Crippen LogP contribution is 2.27. The van der Waals surface area contributed by atoms with E-state index in [4.69, 9.17) is 4.74 Å². The summed E-state index contributed by atoms with van der Waals surface area (Å²) in [6.45, 7) is 7.42. The molecule has 1 atom stereocenters. The zero-order valence-corrected chi connectivity index (χ0v) is 19.4. The first-order valence-corrected chi connectivity index (χ1v) is 11.1. The van der Waals surface area contributed by atoms with E-state index in [1.807, 2.05) is 32.0 Å². The molecule has 1 aliphatic heterocycles. The number of aryl methyl sites for hydroxylation is 2. The highest BCUT2D eigenvalue weighted by Gasteiger charge is 2.36. The molecule has 3 aromatic carbocycles. The number of rotatable bonds is 7. The third-order valence-electron chi connectivity index (χ3n) is 5.73. The fourth-order valence-electron chi connectivity index (χ4n) is 3.86. The Bertz CT molecular complexity index is 1350. The standard InChI is InChI=1S/C28H24N2O5/c1-4-14-30-26(32)21-13-12-20(16-22(21)27(30)33)28(34)35-24(19-8-6-5-7-9-19)25(31)29-23-15-17(2)10-11-18(23)3/h4-13,15-16,24H,1,14H2,2-3H3,(H,29,31)/t24-/m0/s1. The summed E-state index contributed by atoms with van der Waals surface area (Å²) < 4.78 is 5.65. The first-order valence-electron chi connectivity index (χ1n) is 11.1. The number of fused-ring (bicyclic) bond motifs is 1. The van der Waals surface area contributed by atoms with Crippen LogP contribution in [-0.4, -0.2) is 35.1 Å². The molecule has 3 amide bonds. The molecule has 176 valence electrons. The largest absolute Gasteiger partial charge is 0.444 e. The fraction of sp³-hybridized carbons (Fsp3) is 0.143. The van der Waals surface area contributed by atoms with Crippen molar-refractivity contribution >= 4 is 29.4 Å². The molecule has 0 spiro atoms. The number of nitrogens with one attached hydrogen (secondary N) is 1. The number of benzene rings is 3. The number of nitrogens with zero attached hydrogens (tertiary/aromatic N) is 1. The number of carbonyl (C=O) groups is 4. The topological polar surface area (TPSA) is 92.8 Å². The number of hydrogen-bond acceptors (Lipinski definition) is 5. The summed E-state index contributed by atoms with van der Waals surface area (Å²) in [4.78, 5) is 52.4. The molecule has 0 radical (unpaired) electrons. The summed E-state index contributed by atoms with van der Waals surface area (Å²) in [5.41, 5.74) is 3.34. The van der Waals surface area contributed by atoms with E-state index in [-0.39, 0.29) is 23.2 Å². The summed E-state index contributed by atoms with van der Waals surface area (Å²) in [5.74, 6) is -2.25. The molecular formula is C28H24N2O5. The highest BCUT2D eigenvalue weighted by molar-refractivity contribution is 6.22. The fourth-order valence-corrected chi connectivity index (χ4v) is 3.86. The van der Waals surface area contributed by atoms with Crippen LogP contribution in [0.3, 0.4) is 0 Å². The van der Waals surface area contributed by atoms with Crippen LogP contribution in [0.25, 0.3) is 0 Å². The Morgan fingerprint density at radius 1 is 0.971 bits per heavy atom. The number of ether oxygens (including phenoxy) is 1. The zero-order chi connectivity index (χ0) is 25.1. The molecule has 7 nitrogen and oxygen atoms in total. The molecule has 0 aliphatic carbocycles. The van der Waals surface area contributed by atoms with Gasteiger partial charge in [-0.25, -0.2) is 4.79 Å². The molecule has 1 aliphatic rings. The SMILES string of the molecule is C=CCN1C(=O)c2ccc(C(=O)O[C@H](C(=O)Nc3cc(C)ccc3C)c3ccccc3)cc2C1=O. The monoisotopic (exact) mass is 468 g/mol. The van der Waals surface area contributed by atoms with Gasteiger partial charge < -0.3 is 10.1 Å². The minimum absolute atomic E-state index is 0.0609. The average Bonchev–Trinajstić information content (AvgIpc) is 3.09. The second-order valence-electron chi connectivity index (χ2n) is 8.27. The Labute approximate surface area is 203 Å². The number of carbonyl (C=O) groups excluding carboxylic acids is 4. The van der Waals surface area contributed by atoms with Gasteiger partial charge in [-0.3, -0.25) is 19.3 Å². The molecular weight excluding hydrogens is 444 g/mol. The lowest BCUT2D eigenvalue weighted by molar-refractivity contribution is -0.125. The van der Waals surface area contributed by atoms with Gasteiger partial charge in [0.05, 0.1) is 16.7 Å². The number of anilines is 1. The molecule has 35 heavy (non-hydrogen) atoms. The molecule has 7 heteroatoms. The summed E-state index contributed by atoms with van der Waals surface area (Å²) in [6.07, 6.45) is 0.224. The summed E-state index contributed by atoms with van der Waals surface area (Å²) in [7, 11) is 0. The lowest BCUT2D eigenvalue weighted by atomic mass is 10.1. The van der Waals surface area contributed by atoms with Crippen LogP contribution in [0.1, 0.15) is 53.9 Å². The molecule has 0 fully saturated rings. The molecule has 3 aromatic rings. The van der Waals surface area contributed by atoms with Gasteiger partial charge in [-0.1, -0.05) is 48.5 Å². The predicted octanol–water partition coefficient (Wildman–Crippen LogP) is 4.62. The lowest BCUT2D eigenvalue weighted by Gasteiger charge is -2.19. The van der Waals surface area contributed by atoms with Gasteiger partial charge >= 0.3 is 5.97 Å². The van der Waals surface area contributed by atoms with Crippen molar-refractivity contribution in [1.82, 2.24) is 4.90 Å². The number of imide groups is 1. The molecule has 0 bridgehead atoms. The summed E-state index contributed by atoms with van der Waals surface area (Å²) >= 11 is 0. The third-order valence-corrected chi connectivity index (χ3v) is 5.73. The van der Waals surface area contributed by atoms with Crippen LogP contribution in [0, 0.1) is 13.8 Å². The molecule has 0 saturated carbocycles. The minimum Gasteiger partial charge on any atom is -0.444 e. The lowest BCUT2D eigenvalue weighted by Crippen LogP contribution is -2.29. The average molecular weight is 469 g/mol. The minimum atomic E-state index is -1.23. The summed E-state index contributed by atoms with van der Waals surface area (Å²) in [5, 5.41) is 2.85. The van der Waals surface area contributed by atoms with Crippen molar-refractivity contribution in [3.8, 4) is 0 Å². The van der Waals surface area contributed by atoms with Crippen LogP contribution in [0.5, 0.6) is 0 Å². The van der Waals surface area contributed by atoms with Gasteiger partial charge in [0, 0.05) is 17.8 Å². The van der Waals surface area contributed by atoms with Crippen LogP contribution in [-0.2, 0) is 9.53 Å². The van der Waals surface area contributed by atoms with Gasteiger partial charge in [0.1, 0.15) is 0 Å². The van der Waals surface area contributed by atoms with E-state index in [0.717, 1.165) is 16.0 Å². The van der Waals surface area contributed by atoms with Crippen LogP contribution in [0.2, 0.25) is 0 Å². The van der Waals surface area contributed by atoms with Crippen molar-refractivity contribution in [1.29, 1.82) is 0 Å². The predicted molar refractivity (Wildman–Crippen MR) is 131 cm³/mol. The second kappa shape index (κ2) is 9.77. The van der Waals surface area contributed by atoms with E-state index >= 15 is 0 Å². The van der Waals surface area contributed by atoms with Crippen molar-refractivity contribution in [2.24, 2.45) is 0 Å². The van der Waals surface area contributed by atoms with E-state index in [2.05, 4.69) is 11.9 Å². The number of esters is 1. The van der Waals surface area contributed by atoms with Gasteiger partial charge in [-0.05, 0) is 49.2 Å². The molecule has 0 aromatic heterocycles. The van der Waals surface area contributed by atoms with Crippen molar-refractivity contribution in [2.45, 2.75) is 20.0 Å². The molecule has 0 saturated heterocycles. The Hall–Kier alpha value is -4.52. The van der Waals surface area contributed by atoms with Crippen LogP contribution < -0.4 is 5.32 Å². The Kier molecular flexibility index (Phi) is 6.59. The van der Waals surface area contributed by atoms with Crippen molar-refractivity contribution in [2.75, 3.05) is 11.9 Å². The van der Waals surface area contributed by atoms with Crippen molar-refractivity contribution in [3.63, 3.8) is 0 Å². The van der Waals surface area contributed by atoms with Crippen LogP contribution >= 0.6 is 0 Å². The molecule has 1 N–H and O–H groups in total. The van der Waals surface area contributed by atoms with E-state index in [9.17, 15) is 19.2 Å². The quantitative estimate of drug-likeness (QED) is 0.310. The van der Waals surface area contributed by atoms with Gasteiger partial charge in [-0.2, -0.15) is 0 Å². The van der Waals surface area contributed by atoms with E-state index in [1.54, 1.807) is 30.3 Å². The Morgan fingerprint density at radius 3 is 2.40 bits per heavy atom. The number of hydrogen-bond donors (Lipinski definition) is 1. The molecule has 4 rings (SSSR count). The smallest absolute Gasteiger partial charge is 0.339 e. The maximum absolute atomic E-state index is 13.2. The molecule has 0 unspecified atom stereocenters. The first-order chi connectivity index (χ1) is 16.8. The maximum Gasteiger partial charge on any atom is 0.339 e. The van der Waals surface area contributed by atoms with Crippen molar-refractivity contribution < 1.29 is 23.9 Å². The van der Waals surface area contributed by atoms with Gasteiger partial charge in [0.2, 0.25) is 6.10 Å². The Balaban J connectivity index is 1.61. The Morgan fingerprint density at radius 2 is 1.69 bits per heavy atom. The van der Waals surface area contributed by atoms with Crippen molar-refractivity contribution in [3.05, 3.63) is 113 Å². The normalized spacial score (nSPS) is 13.3. The third kappa shape index (κ3) is 4.75. The second-order valence-corrected chi connectivity index (χ2v) is 8.27. The van der Waals surface area contributed by atoms with Crippen LogP contribution in [0.15, 0.2) is 79.4 Å². The first kappa shape index (κ1) is 23.6. The maximum atomic E-state index is 13.2. The molecule has 1 heterocycles. The van der Waals surface area contributed by atoms with Gasteiger partial charge in [0.15, 0.2) is 0 Å². The number of amides is 3. The summed E-state index contributed by atoms with van der Waals surface area (Å²) in [6, 6.07) is 18.5. The zero-order valence-electron chi connectivity index (χ0n) is 19.4. The van der Waals surface area contributed by atoms with E-state index in [0.29, 0.717) is 11.3 Å².